The highest BCUT2D eigenvalue weighted by Crippen LogP contribution is 2.28. The summed E-state index contributed by atoms with van der Waals surface area (Å²) in [5, 5.41) is 6.27. The van der Waals surface area contributed by atoms with Gasteiger partial charge in [-0.2, -0.15) is 0 Å². The van der Waals surface area contributed by atoms with Crippen molar-refractivity contribution in [3.8, 4) is 0 Å². The van der Waals surface area contributed by atoms with Gasteiger partial charge in [0.25, 0.3) is 5.91 Å². The Morgan fingerprint density at radius 3 is 3.00 bits per heavy atom. The van der Waals surface area contributed by atoms with E-state index in [9.17, 15) is 9.59 Å². The van der Waals surface area contributed by atoms with E-state index in [1.165, 1.54) is 0 Å². The minimum Gasteiger partial charge on any atom is -0.352 e. The summed E-state index contributed by atoms with van der Waals surface area (Å²) >= 11 is 0. The summed E-state index contributed by atoms with van der Waals surface area (Å²) in [6.45, 7) is 3.13. The van der Waals surface area contributed by atoms with Gasteiger partial charge >= 0.3 is 0 Å². The minimum atomic E-state index is -0.195. The lowest BCUT2D eigenvalue weighted by Gasteiger charge is -2.19. The third-order valence-corrected chi connectivity index (χ3v) is 3.39. The molecule has 1 aromatic carbocycles. The van der Waals surface area contributed by atoms with E-state index >= 15 is 0 Å². The maximum absolute atomic E-state index is 12.1. The molecule has 0 radical (unpaired) electrons. The summed E-state index contributed by atoms with van der Waals surface area (Å²) in [7, 11) is 0. The lowest BCUT2D eigenvalue weighted by atomic mass is 10.1. The fourth-order valence-electron chi connectivity index (χ4n) is 2.45. The van der Waals surface area contributed by atoms with E-state index in [1.807, 2.05) is 6.92 Å². The van der Waals surface area contributed by atoms with Crippen LogP contribution in [0, 0.1) is 5.92 Å². The van der Waals surface area contributed by atoms with E-state index in [-0.39, 0.29) is 17.7 Å². The van der Waals surface area contributed by atoms with Gasteiger partial charge in [0.05, 0.1) is 11.3 Å². The normalized spacial score (nSPS) is 17.5. The van der Waals surface area contributed by atoms with Gasteiger partial charge in [-0.25, -0.2) is 0 Å². The standard InChI is InChI=1S/C14H17N5O2/c1-2-16-14(21)11-5-3-4-6-12(11)19-9-10(7-13(19)20)8-17-18-15/h3-6,10H,2,7-9H2,1H3,(H,16,21). The van der Waals surface area contributed by atoms with Crippen LogP contribution in [0.4, 0.5) is 5.69 Å². The van der Waals surface area contributed by atoms with Gasteiger partial charge in [0.2, 0.25) is 5.91 Å². The van der Waals surface area contributed by atoms with Gasteiger partial charge in [0.1, 0.15) is 0 Å². The third kappa shape index (κ3) is 3.32. The molecule has 0 spiro atoms. The molecule has 1 aliphatic rings. The summed E-state index contributed by atoms with van der Waals surface area (Å²) in [5.74, 6) is -0.250. The Bertz CT molecular complexity index is 595. The van der Waals surface area contributed by atoms with Crippen molar-refractivity contribution >= 4 is 17.5 Å². The third-order valence-electron chi connectivity index (χ3n) is 3.39. The number of carbonyl (C=O) groups excluding carboxylic acids is 2. The molecule has 0 aromatic heterocycles. The van der Waals surface area contributed by atoms with Crippen LogP contribution < -0.4 is 10.2 Å². The van der Waals surface area contributed by atoms with E-state index < -0.39 is 0 Å². The number of para-hydroxylation sites is 1. The van der Waals surface area contributed by atoms with E-state index in [0.29, 0.717) is 37.3 Å². The maximum atomic E-state index is 12.1. The van der Waals surface area contributed by atoms with Crippen LogP contribution in [-0.2, 0) is 4.79 Å². The van der Waals surface area contributed by atoms with Crippen LogP contribution in [0.15, 0.2) is 29.4 Å². The summed E-state index contributed by atoms with van der Waals surface area (Å²) < 4.78 is 0. The van der Waals surface area contributed by atoms with Crippen molar-refractivity contribution in [2.24, 2.45) is 11.0 Å². The molecule has 7 nitrogen and oxygen atoms in total. The number of amides is 2. The zero-order valence-electron chi connectivity index (χ0n) is 11.8. The van der Waals surface area contributed by atoms with Crippen LogP contribution in [0.1, 0.15) is 23.7 Å². The molecule has 110 valence electrons. The van der Waals surface area contributed by atoms with Gasteiger partial charge in [-0.1, -0.05) is 17.2 Å². The highest BCUT2D eigenvalue weighted by atomic mass is 16.2. The first-order chi connectivity index (χ1) is 10.2. The van der Waals surface area contributed by atoms with Crippen molar-refractivity contribution in [2.45, 2.75) is 13.3 Å². The number of nitrogens with zero attached hydrogens (tertiary/aromatic N) is 4. The van der Waals surface area contributed by atoms with E-state index in [0.717, 1.165) is 0 Å². The van der Waals surface area contributed by atoms with Gasteiger partial charge in [0, 0.05) is 31.0 Å². The molecule has 1 unspecified atom stereocenters. The lowest BCUT2D eigenvalue weighted by molar-refractivity contribution is -0.117. The Morgan fingerprint density at radius 1 is 1.52 bits per heavy atom. The molecule has 1 aliphatic heterocycles. The average molecular weight is 287 g/mol. The van der Waals surface area contributed by atoms with Gasteiger partial charge in [-0.05, 0) is 30.5 Å². The summed E-state index contributed by atoms with van der Waals surface area (Å²) in [4.78, 5) is 28.5. The topological polar surface area (TPSA) is 98.2 Å². The molecule has 1 heterocycles. The zero-order chi connectivity index (χ0) is 15.2. The highest BCUT2D eigenvalue weighted by molar-refractivity contribution is 6.05. The monoisotopic (exact) mass is 287 g/mol. The first-order valence-electron chi connectivity index (χ1n) is 6.85. The molecule has 0 aliphatic carbocycles. The Balaban J connectivity index is 2.24. The molecule has 0 saturated carbocycles. The Hall–Kier alpha value is -2.53. The fourth-order valence-corrected chi connectivity index (χ4v) is 2.45. The average Bonchev–Trinajstić information content (AvgIpc) is 2.86. The number of azide groups is 1. The van der Waals surface area contributed by atoms with Gasteiger partial charge in [-0.3, -0.25) is 9.59 Å². The predicted octanol–water partition coefficient (Wildman–Crippen LogP) is 2.10. The molecule has 1 atom stereocenters. The van der Waals surface area contributed by atoms with Crippen molar-refractivity contribution in [1.29, 1.82) is 0 Å². The molecular weight excluding hydrogens is 270 g/mol. The molecule has 1 aromatic rings. The number of hydrogen-bond acceptors (Lipinski definition) is 3. The summed E-state index contributed by atoms with van der Waals surface area (Å²) in [6.07, 6.45) is 0.336. The van der Waals surface area contributed by atoms with Gasteiger partial charge in [0.15, 0.2) is 0 Å². The molecule has 2 amide bonds. The zero-order valence-corrected chi connectivity index (χ0v) is 11.8. The van der Waals surface area contributed by atoms with Crippen LogP contribution >= 0.6 is 0 Å². The molecular formula is C14H17N5O2. The predicted molar refractivity (Wildman–Crippen MR) is 78.9 cm³/mol. The second kappa shape index (κ2) is 6.76. The molecule has 0 bridgehead atoms. The number of rotatable bonds is 5. The molecule has 1 saturated heterocycles. The van der Waals surface area contributed by atoms with Crippen LogP contribution in [0.2, 0.25) is 0 Å². The SMILES string of the molecule is CCNC(=O)c1ccccc1N1CC(CN=[N+]=[N-])CC1=O. The van der Waals surface area contributed by atoms with E-state index in [1.54, 1.807) is 29.2 Å². The molecule has 1 N–H and O–H groups in total. The van der Waals surface area contributed by atoms with Crippen molar-refractivity contribution in [1.82, 2.24) is 5.32 Å². The molecule has 7 heteroatoms. The summed E-state index contributed by atoms with van der Waals surface area (Å²) in [5.41, 5.74) is 9.45. The Labute approximate surface area is 122 Å². The second-order valence-electron chi connectivity index (χ2n) is 4.86. The molecule has 1 fully saturated rings. The van der Waals surface area contributed by atoms with E-state index in [2.05, 4.69) is 15.3 Å². The summed E-state index contributed by atoms with van der Waals surface area (Å²) in [6, 6.07) is 7.03. The largest absolute Gasteiger partial charge is 0.352 e. The maximum Gasteiger partial charge on any atom is 0.253 e. The smallest absolute Gasteiger partial charge is 0.253 e. The fraction of sp³-hybridized carbons (Fsp3) is 0.429. The van der Waals surface area contributed by atoms with E-state index in [4.69, 9.17) is 5.53 Å². The van der Waals surface area contributed by atoms with Crippen LogP contribution in [0.25, 0.3) is 10.4 Å². The van der Waals surface area contributed by atoms with Crippen molar-refractivity contribution in [3.63, 3.8) is 0 Å². The molecule has 2 rings (SSSR count). The number of benzene rings is 1. The van der Waals surface area contributed by atoms with Crippen molar-refractivity contribution in [2.75, 3.05) is 24.5 Å². The number of nitrogens with one attached hydrogen (secondary N) is 1. The van der Waals surface area contributed by atoms with Crippen molar-refractivity contribution < 1.29 is 9.59 Å². The first-order valence-corrected chi connectivity index (χ1v) is 6.85. The van der Waals surface area contributed by atoms with Crippen LogP contribution in [0.3, 0.4) is 0 Å². The van der Waals surface area contributed by atoms with Crippen LogP contribution in [0.5, 0.6) is 0 Å². The number of carbonyl (C=O) groups is 2. The second-order valence-corrected chi connectivity index (χ2v) is 4.86. The Morgan fingerprint density at radius 2 is 2.29 bits per heavy atom. The quantitative estimate of drug-likeness (QED) is 0.509. The highest BCUT2D eigenvalue weighted by Gasteiger charge is 2.32. The lowest BCUT2D eigenvalue weighted by Crippen LogP contribution is -2.30. The number of anilines is 1. The van der Waals surface area contributed by atoms with Crippen molar-refractivity contribution in [3.05, 3.63) is 40.3 Å². The van der Waals surface area contributed by atoms with Gasteiger partial charge in [-0.15, -0.1) is 0 Å². The Kier molecular flexibility index (Phi) is 4.79. The van der Waals surface area contributed by atoms with Crippen LogP contribution in [-0.4, -0.2) is 31.4 Å². The number of hydrogen-bond donors (Lipinski definition) is 1. The molecule has 21 heavy (non-hydrogen) atoms. The minimum absolute atomic E-state index is 0.00399. The van der Waals surface area contributed by atoms with Gasteiger partial charge < -0.3 is 10.2 Å². The first kappa shape index (κ1) is 14.9.